The van der Waals surface area contributed by atoms with E-state index in [2.05, 4.69) is 78.1 Å². The number of rotatable bonds is 4. The van der Waals surface area contributed by atoms with E-state index in [1.165, 1.54) is 38.2 Å². The van der Waals surface area contributed by atoms with E-state index in [1.54, 1.807) is 0 Å². The Morgan fingerprint density at radius 2 is 1.52 bits per heavy atom. The average molecular weight is 351 g/mol. The zero-order chi connectivity index (χ0) is 18.2. The van der Waals surface area contributed by atoms with Crippen molar-refractivity contribution in [2.24, 2.45) is 0 Å². The van der Waals surface area contributed by atoms with Crippen molar-refractivity contribution in [3.05, 3.63) is 89.5 Å². The quantitative estimate of drug-likeness (QED) is 0.505. The van der Waals surface area contributed by atoms with Crippen LogP contribution in [0.25, 0.3) is 21.5 Å². The first-order chi connectivity index (χ1) is 13.3. The maximum Gasteiger partial charge on any atom is 0.224 e. The number of benzene rings is 4. The highest BCUT2D eigenvalue weighted by Gasteiger charge is 2.16. The van der Waals surface area contributed by atoms with Crippen molar-refractivity contribution >= 4 is 33.1 Å². The van der Waals surface area contributed by atoms with Gasteiger partial charge in [-0.3, -0.25) is 4.79 Å². The smallest absolute Gasteiger partial charge is 0.224 e. The molecule has 0 fully saturated rings. The molecular weight excluding hydrogens is 330 g/mol. The Morgan fingerprint density at radius 3 is 2.44 bits per heavy atom. The lowest BCUT2D eigenvalue weighted by molar-refractivity contribution is -0.116. The minimum absolute atomic E-state index is 0.0710. The normalized spacial score (nSPS) is 12.6. The van der Waals surface area contributed by atoms with E-state index >= 15 is 0 Å². The van der Waals surface area contributed by atoms with Gasteiger partial charge in [0.2, 0.25) is 5.91 Å². The largest absolute Gasteiger partial charge is 0.326 e. The molecule has 0 radical (unpaired) electrons. The van der Waals surface area contributed by atoms with Crippen LogP contribution < -0.4 is 5.32 Å². The van der Waals surface area contributed by atoms with E-state index in [9.17, 15) is 4.79 Å². The van der Waals surface area contributed by atoms with E-state index < -0.39 is 0 Å². The Hall–Kier alpha value is -3.13. The third kappa shape index (κ3) is 2.87. The molecule has 0 saturated heterocycles. The van der Waals surface area contributed by atoms with Gasteiger partial charge in [0.05, 0.1) is 0 Å². The number of carbonyl (C=O) groups is 1. The number of aryl methyl sites for hydroxylation is 3. The molecule has 0 bridgehead atoms. The van der Waals surface area contributed by atoms with Gasteiger partial charge in [-0.2, -0.15) is 0 Å². The van der Waals surface area contributed by atoms with Crippen LogP contribution in [0.3, 0.4) is 0 Å². The summed E-state index contributed by atoms with van der Waals surface area (Å²) < 4.78 is 0. The zero-order valence-electron chi connectivity index (χ0n) is 15.2. The zero-order valence-corrected chi connectivity index (χ0v) is 15.2. The molecule has 132 valence electrons. The highest BCUT2D eigenvalue weighted by atomic mass is 16.1. The SMILES string of the molecule is O=C(CCc1cccc2ccccc12)Nc1ccc2c3c(cccc13)CC2. The van der Waals surface area contributed by atoms with Crippen molar-refractivity contribution in [2.45, 2.75) is 25.7 Å². The van der Waals surface area contributed by atoms with Crippen LogP contribution in [0, 0.1) is 0 Å². The van der Waals surface area contributed by atoms with Crippen LogP contribution in [-0.2, 0) is 24.1 Å². The molecule has 27 heavy (non-hydrogen) atoms. The lowest BCUT2D eigenvalue weighted by atomic mass is 10.0. The number of amides is 1. The van der Waals surface area contributed by atoms with Gasteiger partial charge in [-0.25, -0.2) is 0 Å². The highest BCUT2D eigenvalue weighted by molar-refractivity contribution is 6.05. The van der Waals surface area contributed by atoms with Gasteiger partial charge in [-0.05, 0) is 58.2 Å². The second-order valence-electron chi connectivity index (χ2n) is 7.30. The average Bonchev–Trinajstić information content (AvgIpc) is 3.13. The fourth-order valence-electron chi connectivity index (χ4n) is 4.33. The van der Waals surface area contributed by atoms with Crippen LogP contribution in [0.4, 0.5) is 5.69 Å². The van der Waals surface area contributed by atoms with Crippen LogP contribution in [0.5, 0.6) is 0 Å². The Labute approximate surface area is 158 Å². The lowest BCUT2D eigenvalue weighted by Gasteiger charge is -2.11. The summed E-state index contributed by atoms with van der Waals surface area (Å²) in [6.45, 7) is 0. The second-order valence-corrected chi connectivity index (χ2v) is 7.30. The van der Waals surface area contributed by atoms with Gasteiger partial charge < -0.3 is 5.32 Å². The summed E-state index contributed by atoms with van der Waals surface area (Å²) in [4.78, 5) is 12.6. The molecule has 2 nitrogen and oxygen atoms in total. The number of nitrogens with one attached hydrogen (secondary N) is 1. The summed E-state index contributed by atoms with van der Waals surface area (Å²) >= 11 is 0. The van der Waals surface area contributed by atoms with E-state index in [1.807, 2.05) is 0 Å². The Morgan fingerprint density at radius 1 is 0.778 bits per heavy atom. The molecule has 4 aromatic rings. The van der Waals surface area contributed by atoms with Crippen molar-refractivity contribution in [1.29, 1.82) is 0 Å². The molecule has 0 atom stereocenters. The van der Waals surface area contributed by atoms with Gasteiger partial charge in [0.15, 0.2) is 0 Å². The van der Waals surface area contributed by atoms with Crippen molar-refractivity contribution in [3.8, 4) is 0 Å². The van der Waals surface area contributed by atoms with Crippen LogP contribution in [-0.4, -0.2) is 5.91 Å². The van der Waals surface area contributed by atoms with Crippen LogP contribution >= 0.6 is 0 Å². The summed E-state index contributed by atoms with van der Waals surface area (Å²) in [7, 11) is 0. The number of anilines is 1. The molecule has 4 aromatic carbocycles. The standard InChI is InChI=1S/C25H21NO/c27-24(16-14-18-7-3-6-17-5-1-2-9-21(17)18)26-23-15-13-20-12-11-19-8-4-10-22(23)25(19)20/h1-10,13,15H,11-12,14,16H2,(H,26,27). The van der Waals surface area contributed by atoms with E-state index in [0.29, 0.717) is 6.42 Å². The first-order valence-electron chi connectivity index (χ1n) is 9.59. The van der Waals surface area contributed by atoms with E-state index in [-0.39, 0.29) is 5.91 Å². The summed E-state index contributed by atoms with van der Waals surface area (Å²) in [5, 5.41) is 8.11. The third-order valence-corrected chi connectivity index (χ3v) is 5.65. The fourth-order valence-corrected chi connectivity index (χ4v) is 4.33. The third-order valence-electron chi connectivity index (χ3n) is 5.65. The number of hydrogen-bond acceptors (Lipinski definition) is 1. The van der Waals surface area contributed by atoms with E-state index in [4.69, 9.17) is 0 Å². The molecule has 1 aliphatic carbocycles. The maximum absolute atomic E-state index is 12.6. The predicted octanol–water partition coefficient (Wildman–Crippen LogP) is 5.66. The minimum atomic E-state index is 0.0710. The van der Waals surface area contributed by atoms with Gasteiger partial charge >= 0.3 is 0 Å². The lowest BCUT2D eigenvalue weighted by Crippen LogP contribution is -2.12. The monoisotopic (exact) mass is 351 g/mol. The fraction of sp³-hybridized carbons (Fsp3) is 0.160. The Kier molecular flexibility index (Phi) is 3.90. The van der Waals surface area contributed by atoms with E-state index in [0.717, 1.165) is 24.9 Å². The summed E-state index contributed by atoms with van der Waals surface area (Å²) in [5.41, 5.74) is 4.95. The molecule has 1 aliphatic rings. The maximum atomic E-state index is 12.6. The summed E-state index contributed by atoms with van der Waals surface area (Å²) in [5.74, 6) is 0.0710. The molecule has 2 heteroatoms. The molecule has 0 unspecified atom stereocenters. The topological polar surface area (TPSA) is 29.1 Å². The number of fused-ring (bicyclic) bond motifs is 1. The van der Waals surface area contributed by atoms with Crippen molar-refractivity contribution < 1.29 is 4.79 Å². The first kappa shape index (κ1) is 16.1. The highest BCUT2D eigenvalue weighted by Crippen LogP contribution is 2.35. The van der Waals surface area contributed by atoms with Crippen LogP contribution in [0.15, 0.2) is 72.8 Å². The Bertz CT molecular complexity index is 1160. The number of carbonyl (C=O) groups excluding carboxylic acids is 1. The molecule has 0 heterocycles. The van der Waals surface area contributed by atoms with Crippen molar-refractivity contribution in [2.75, 3.05) is 5.32 Å². The molecule has 0 saturated carbocycles. The second kappa shape index (κ2) is 6.55. The van der Waals surface area contributed by atoms with Crippen LogP contribution in [0.1, 0.15) is 23.1 Å². The first-order valence-corrected chi connectivity index (χ1v) is 9.59. The molecule has 0 aromatic heterocycles. The van der Waals surface area contributed by atoms with Crippen molar-refractivity contribution in [3.63, 3.8) is 0 Å². The van der Waals surface area contributed by atoms with Gasteiger partial charge in [-0.1, -0.05) is 66.7 Å². The molecular formula is C25H21NO. The Balaban J connectivity index is 1.37. The van der Waals surface area contributed by atoms with Gasteiger partial charge in [-0.15, -0.1) is 0 Å². The predicted molar refractivity (Wildman–Crippen MR) is 112 cm³/mol. The molecule has 0 aliphatic heterocycles. The molecule has 0 spiro atoms. The molecule has 1 amide bonds. The minimum Gasteiger partial charge on any atom is -0.326 e. The molecule has 1 N–H and O–H groups in total. The van der Waals surface area contributed by atoms with Gasteiger partial charge in [0, 0.05) is 17.5 Å². The summed E-state index contributed by atoms with van der Waals surface area (Å²) in [6, 6.07) is 25.3. The van der Waals surface area contributed by atoms with Crippen molar-refractivity contribution in [1.82, 2.24) is 0 Å². The molecule has 5 rings (SSSR count). The van der Waals surface area contributed by atoms with Gasteiger partial charge in [0.25, 0.3) is 0 Å². The number of hydrogen-bond donors (Lipinski definition) is 1. The van der Waals surface area contributed by atoms with Crippen LogP contribution in [0.2, 0.25) is 0 Å². The summed E-state index contributed by atoms with van der Waals surface area (Å²) in [6.07, 6.45) is 3.43. The van der Waals surface area contributed by atoms with Gasteiger partial charge in [0.1, 0.15) is 0 Å².